The molecule has 0 bridgehead atoms. The number of methoxy groups -OCH3 is 3. The minimum atomic E-state index is -0.601. The Hall–Kier alpha value is -1.38. The number of hydrogen-bond donors (Lipinski definition) is 0. The summed E-state index contributed by atoms with van der Waals surface area (Å²) in [7, 11) is 13.3. The first-order valence-electron chi connectivity index (χ1n) is 8.13. The molecule has 0 aliphatic rings. The van der Waals surface area contributed by atoms with Crippen LogP contribution in [0.4, 0.5) is 0 Å². The highest BCUT2D eigenvalue weighted by atomic mass is 28.3. The summed E-state index contributed by atoms with van der Waals surface area (Å²) in [5.41, 5.74) is 0.212. The molecule has 28 heavy (non-hydrogen) atoms. The Morgan fingerprint density at radius 3 is 2.11 bits per heavy atom. The molecule has 0 heterocycles. The number of carbonyl (C=O) groups is 1. The summed E-state index contributed by atoms with van der Waals surface area (Å²) >= 11 is 0. The van der Waals surface area contributed by atoms with Crippen LogP contribution in [0.25, 0.3) is 5.76 Å². The number of carbonyl (C=O) groups excluding carboxylic acids is 1. The minimum Gasteiger partial charge on any atom is -0.496 e. The normalized spacial score (nSPS) is 12.3. The summed E-state index contributed by atoms with van der Waals surface area (Å²) in [4.78, 5) is 12.4. The van der Waals surface area contributed by atoms with E-state index in [0.29, 0.717) is 23.7 Å². The molecule has 0 spiro atoms. The zero-order valence-electron chi connectivity index (χ0n) is 16.5. The van der Waals surface area contributed by atoms with Crippen molar-refractivity contribution >= 4 is 52.9 Å². The molecule has 1 unspecified atom stereocenters. The predicted octanol–water partition coefficient (Wildman–Crippen LogP) is 1.46. The maximum absolute atomic E-state index is 12.4. The van der Waals surface area contributed by atoms with Crippen molar-refractivity contribution in [1.82, 2.24) is 0 Å². The van der Waals surface area contributed by atoms with Gasteiger partial charge in [-0.05, 0) is 24.5 Å². The first kappa shape index (κ1) is 26.6. The molecule has 149 valence electrons. The second-order valence-electron chi connectivity index (χ2n) is 5.58. The van der Waals surface area contributed by atoms with Crippen LogP contribution in [0, 0.1) is 5.92 Å². The number of esters is 1. The molecule has 7 nitrogen and oxygen atoms in total. The topological polar surface area (TPSA) is 72.5 Å². The van der Waals surface area contributed by atoms with Crippen LogP contribution >= 0.6 is 0 Å². The third-order valence-electron chi connectivity index (χ3n) is 3.17. The van der Waals surface area contributed by atoms with Crippen molar-refractivity contribution in [2.24, 2.45) is 5.92 Å². The van der Waals surface area contributed by atoms with Crippen LogP contribution in [0.15, 0.2) is 30.0 Å². The molecular formula is C17H23O7Si4. The van der Waals surface area contributed by atoms with Gasteiger partial charge in [-0.1, -0.05) is 26.0 Å². The molecule has 0 N–H and O–H groups in total. The van der Waals surface area contributed by atoms with Gasteiger partial charge in [0.15, 0.2) is 5.76 Å². The first-order chi connectivity index (χ1) is 13.4. The van der Waals surface area contributed by atoms with Crippen LogP contribution in [0.1, 0.15) is 25.8 Å². The smallest absolute Gasteiger partial charge is 0.409 e. The van der Waals surface area contributed by atoms with E-state index in [0.717, 1.165) is 0 Å². The van der Waals surface area contributed by atoms with Gasteiger partial charge in [-0.15, -0.1) is 0 Å². The van der Waals surface area contributed by atoms with E-state index in [1.165, 1.54) is 14.2 Å². The zero-order chi connectivity index (χ0) is 21.5. The Morgan fingerprint density at radius 2 is 1.68 bits per heavy atom. The minimum absolute atomic E-state index is 0.0102. The molecule has 0 saturated heterocycles. The van der Waals surface area contributed by atoms with Gasteiger partial charge in [0.25, 0.3) is 0 Å². The van der Waals surface area contributed by atoms with Crippen molar-refractivity contribution in [3.8, 4) is 5.75 Å². The molecule has 11 heteroatoms. The molecule has 0 saturated carbocycles. The highest BCUT2D eigenvalue weighted by Gasteiger charge is 2.24. The zero-order valence-corrected chi connectivity index (χ0v) is 20.5. The molecule has 1 aromatic rings. The SMILES string of the molecule is COC(C(=O)OC([Si])CC(C)C)=C(OC)c1ccccc1OC.[Si]O[Si]O[Si]. The maximum atomic E-state index is 12.4. The number of para-hydroxylation sites is 1. The molecule has 11 radical (unpaired) electrons. The number of rotatable bonds is 10. The maximum Gasteiger partial charge on any atom is 0.409 e. The highest BCUT2D eigenvalue weighted by molar-refractivity contribution is 6.33. The third kappa shape index (κ3) is 9.70. The summed E-state index contributed by atoms with van der Waals surface area (Å²) in [5.74, 6) is 0.610. The summed E-state index contributed by atoms with van der Waals surface area (Å²) in [6.07, 6.45) is 0.691. The van der Waals surface area contributed by atoms with E-state index in [2.05, 4.69) is 39.4 Å². The van der Waals surface area contributed by atoms with E-state index in [9.17, 15) is 4.79 Å². The van der Waals surface area contributed by atoms with Crippen LogP contribution in [-0.2, 0) is 27.2 Å². The fourth-order valence-electron chi connectivity index (χ4n) is 2.11. The van der Waals surface area contributed by atoms with Gasteiger partial charge in [0.1, 0.15) is 5.75 Å². The fourth-order valence-corrected chi connectivity index (χ4v) is 3.23. The summed E-state index contributed by atoms with van der Waals surface area (Å²) in [6.45, 7) is 4.09. The number of hydrogen-bond acceptors (Lipinski definition) is 7. The Morgan fingerprint density at radius 1 is 1.07 bits per heavy atom. The second-order valence-corrected chi connectivity index (χ2v) is 8.02. The molecule has 1 atom stereocenters. The third-order valence-corrected chi connectivity index (χ3v) is 4.19. The molecule has 0 aliphatic carbocycles. The van der Waals surface area contributed by atoms with Crippen LogP contribution in [0.5, 0.6) is 5.75 Å². The van der Waals surface area contributed by atoms with Crippen molar-refractivity contribution in [2.75, 3.05) is 21.3 Å². The van der Waals surface area contributed by atoms with Crippen LogP contribution < -0.4 is 4.74 Å². The molecule has 1 aromatic carbocycles. The summed E-state index contributed by atoms with van der Waals surface area (Å²) in [6, 6.07) is 7.21. The lowest BCUT2D eigenvalue weighted by Gasteiger charge is -2.18. The standard InChI is InChI=1S/C17H23O5Si.O2Si3/c1-11(2)10-14(23)22-17(18)16(21-5)15(20-4)12-8-6-7-9-13(12)19-3;3-1-5-2-4/h6-9,11,14H,10H2,1-5H3;. The van der Waals surface area contributed by atoms with Gasteiger partial charge in [-0.3, -0.25) is 0 Å². The van der Waals surface area contributed by atoms with Gasteiger partial charge >= 0.3 is 16.0 Å². The van der Waals surface area contributed by atoms with Gasteiger partial charge in [0, 0.05) is 0 Å². The Bertz CT molecular complexity index is 609. The van der Waals surface area contributed by atoms with Gasteiger partial charge in [-0.2, -0.15) is 0 Å². The summed E-state index contributed by atoms with van der Waals surface area (Å²) in [5, 5.41) is 0. The van der Waals surface area contributed by atoms with Crippen LogP contribution in [0.2, 0.25) is 0 Å². The van der Waals surface area contributed by atoms with Crippen molar-refractivity contribution in [1.29, 1.82) is 0 Å². The van der Waals surface area contributed by atoms with Crippen molar-refractivity contribution in [3.05, 3.63) is 35.6 Å². The number of ether oxygens (including phenoxy) is 4. The summed E-state index contributed by atoms with van der Waals surface area (Å²) < 4.78 is 29.8. The van der Waals surface area contributed by atoms with E-state index in [-0.39, 0.29) is 21.5 Å². The molecular weight excluding hydrogens is 429 g/mol. The molecule has 0 amide bonds. The van der Waals surface area contributed by atoms with Gasteiger partial charge < -0.3 is 27.2 Å². The lowest BCUT2D eigenvalue weighted by molar-refractivity contribution is -0.144. The van der Waals surface area contributed by atoms with Crippen molar-refractivity contribution in [2.45, 2.75) is 26.0 Å². The average molecular weight is 452 g/mol. The molecule has 0 aromatic heterocycles. The Balaban J connectivity index is 0.00000129. The lowest BCUT2D eigenvalue weighted by Crippen LogP contribution is -2.23. The van der Waals surface area contributed by atoms with Crippen molar-refractivity contribution in [3.63, 3.8) is 0 Å². The van der Waals surface area contributed by atoms with Crippen molar-refractivity contribution < 1.29 is 32.0 Å². The van der Waals surface area contributed by atoms with Crippen LogP contribution in [0.3, 0.4) is 0 Å². The fraction of sp³-hybridized carbons (Fsp3) is 0.471. The second kappa shape index (κ2) is 15.5. The molecule has 1 rings (SSSR count). The van der Waals surface area contributed by atoms with E-state index < -0.39 is 11.7 Å². The van der Waals surface area contributed by atoms with Gasteiger partial charge in [0.05, 0.1) is 42.9 Å². The Labute approximate surface area is 179 Å². The lowest BCUT2D eigenvalue weighted by atomic mass is 10.1. The molecule has 0 fully saturated rings. The largest absolute Gasteiger partial charge is 0.496 e. The van der Waals surface area contributed by atoms with Gasteiger partial charge in [-0.25, -0.2) is 4.79 Å². The van der Waals surface area contributed by atoms with E-state index in [1.807, 2.05) is 26.0 Å². The quantitative estimate of drug-likeness (QED) is 0.231. The highest BCUT2D eigenvalue weighted by Crippen LogP contribution is 2.29. The number of benzene rings is 1. The van der Waals surface area contributed by atoms with E-state index in [4.69, 9.17) is 18.9 Å². The Kier molecular flexibility index (Phi) is 14.8. The monoisotopic (exact) mass is 451 g/mol. The van der Waals surface area contributed by atoms with E-state index in [1.54, 1.807) is 19.2 Å². The average Bonchev–Trinajstić information content (AvgIpc) is 2.66. The van der Waals surface area contributed by atoms with Crippen LogP contribution in [-0.4, -0.2) is 74.2 Å². The first-order valence-corrected chi connectivity index (χ1v) is 10.3. The van der Waals surface area contributed by atoms with E-state index >= 15 is 0 Å². The van der Waals surface area contributed by atoms with Gasteiger partial charge in [0.2, 0.25) is 26.7 Å². The molecule has 0 aliphatic heterocycles. The predicted molar refractivity (Wildman–Crippen MR) is 108 cm³/mol.